The number of nitrogens with one attached hydrogen (secondary N) is 1. The second-order valence-electron chi connectivity index (χ2n) is 6.14. The van der Waals surface area contributed by atoms with Crippen molar-refractivity contribution < 1.29 is 0 Å². The second kappa shape index (κ2) is 8.28. The lowest BCUT2D eigenvalue weighted by Gasteiger charge is -2.20. The molecule has 7 heteroatoms. The molecule has 6 nitrogen and oxygen atoms in total. The number of nitrogens with zero attached hydrogens (tertiary/aromatic N) is 4. The van der Waals surface area contributed by atoms with E-state index in [1.54, 1.807) is 6.33 Å². The fraction of sp³-hybridized carbons (Fsp3) is 0.438. The van der Waals surface area contributed by atoms with Crippen LogP contribution in [0.5, 0.6) is 0 Å². The van der Waals surface area contributed by atoms with Crippen LogP contribution in [0.3, 0.4) is 0 Å². The Labute approximate surface area is 154 Å². The van der Waals surface area contributed by atoms with E-state index in [-0.39, 0.29) is 29.5 Å². The van der Waals surface area contributed by atoms with Crippen molar-refractivity contribution in [3.8, 4) is 0 Å². The van der Waals surface area contributed by atoms with Gasteiger partial charge >= 0.3 is 0 Å². The molecule has 0 atom stereocenters. The Balaban J connectivity index is 0.00000264. The fourth-order valence-corrected chi connectivity index (χ4v) is 2.15. The number of hydrogen-bond acceptors (Lipinski definition) is 3. The second-order valence-corrected chi connectivity index (χ2v) is 6.14. The zero-order chi connectivity index (χ0) is 16.2. The van der Waals surface area contributed by atoms with Gasteiger partial charge in [-0.05, 0) is 44.9 Å². The minimum absolute atomic E-state index is 0. The lowest BCUT2D eigenvalue weighted by atomic mass is 10.1. The minimum Gasteiger partial charge on any atom is -0.370 e. The molecule has 0 saturated heterocycles. The van der Waals surface area contributed by atoms with Gasteiger partial charge in [0.25, 0.3) is 0 Å². The molecule has 0 aliphatic rings. The number of nitrogens with two attached hydrogens (primary N) is 1. The molecule has 1 heterocycles. The number of hydrogen-bond donors (Lipinski definition) is 2. The van der Waals surface area contributed by atoms with Gasteiger partial charge < -0.3 is 11.1 Å². The summed E-state index contributed by atoms with van der Waals surface area (Å²) < 4.78 is 1.86. The van der Waals surface area contributed by atoms with E-state index in [2.05, 4.69) is 60.2 Å². The van der Waals surface area contributed by atoms with Crippen molar-refractivity contribution in [2.45, 2.75) is 46.2 Å². The highest BCUT2D eigenvalue weighted by Crippen LogP contribution is 2.14. The molecule has 0 radical (unpaired) electrons. The van der Waals surface area contributed by atoms with Gasteiger partial charge in [0.1, 0.15) is 18.7 Å². The highest BCUT2D eigenvalue weighted by molar-refractivity contribution is 14.0. The number of anilines is 1. The predicted octanol–water partition coefficient (Wildman–Crippen LogP) is 3.14. The van der Waals surface area contributed by atoms with E-state index in [9.17, 15) is 0 Å². The molecule has 2 aromatic rings. The molecule has 126 valence electrons. The highest BCUT2D eigenvalue weighted by Gasteiger charge is 2.17. The van der Waals surface area contributed by atoms with Gasteiger partial charge in [-0.2, -0.15) is 5.10 Å². The van der Waals surface area contributed by atoms with E-state index in [1.807, 2.05) is 16.8 Å². The summed E-state index contributed by atoms with van der Waals surface area (Å²) in [6, 6.07) is 8.13. The number of aryl methyl sites for hydroxylation is 1. The van der Waals surface area contributed by atoms with E-state index in [4.69, 9.17) is 5.73 Å². The molecule has 23 heavy (non-hydrogen) atoms. The summed E-state index contributed by atoms with van der Waals surface area (Å²) in [5.41, 5.74) is 8.03. The average molecular weight is 428 g/mol. The number of halogens is 1. The van der Waals surface area contributed by atoms with Crippen LogP contribution in [-0.4, -0.2) is 20.7 Å². The summed E-state index contributed by atoms with van der Waals surface area (Å²) in [4.78, 5) is 8.60. The van der Waals surface area contributed by atoms with Crippen LogP contribution in [-0.2, 0) is 18.5 Å². The van der Waals surface area contributed by atoms with Crippen molar-refractivity contribution in [3.63, 3.8) is 0 Å². The Morgan fingerprint density at radius 2 is 2.09 bits per heavy atom. The molecule has 1 aromatic heterocycles. The summed E-state index contributed by atoms with van der Waals surface area (Å²) in [5, 5.41) is 7.35. The molecule has 0 saturated carbocycles. The summed E-state index contributed by atoms with van der Waals surface area (Å²) >= 11 is 0. The summed E-state index contributed by atoms with van der Waals surface area (Å²) in [6.07, 6.45) is 2.53. The molecule has 1 aromatic carbocycles. The molecule has 0 aliphatic heterocycles. The molecule has 3 N–H and O–H groups in total. The van der Waals surface area contributed by atoms with Crippen molar-refractivity contribution in [1.29, 1.82) is 0 Å². The van der Waals surface area contributed by atoms with E-state index in [0.29, 0.717) is 12.5 Å². The Morgan fingerprint density at radius 1 is 1.35 bits per heavy atom. The zero-order valence-electron chi connectivity index (χ0n) is 14.1. The average Bonchev–Trinajstić information content (AvgIpc) is 2.94. The lowest BCUT2D eigenvalue weighted by Crippen LogP contribution is -2.26. The van der Waals surface area contributed by atoms with Gasteiger partial charge in [-0.1, -0.05) is 19.1 Å². The molecular weight excluding hydrogens is 403 g/mol. The Kier molecular flexibility index (Phi) is 6.99. The van der Waals surface area contributed by atoms with Crippen LogP contribution in [0.2, 0.25) is 0 Å². The van der Waals surface area contributed by atoms with Crippen LogP contribution >= 0.6 is 24.0 Å². The molecule has 0 unspecified atom stereocenters. The SMILES string of the molecule is CCc1cccc(NC(N)=NCc2ncnn2C(C)(C)C)c1.I. The third-order valence-electron chi connectivity index (χ3n) is 3.25. The first-order valence-electron chi connectivity index (χ1n) is 7.45. The van der Waals surface area contributed by atoms with Crippen LogP contribution in [0.25, 0.3) is 0 Å². The van der Waals surface area contributed by atoms with E-state index in [0.717, 1.165) is 17.9 Å². The van der Waals surface area contributed by atoms with Crippen LogP contribution in [0, 0.1) is 0 Å². The number of aromatic nitrogens is 3. The van der Waals surface area contributed by atoms with Gasteiger partial charge in [0.15, 0.2) is 5.96 Å². The Hall–Kier alpha value is -1.64. The quantitative estimate of drug-likeness (QED) is 0.446. The first kappa shape index (κ1) is 19.4. The number of guanidine groups is 1. The Bertz CT molecular complexity index is 657. The van der Waals surface area contributed by atoms with Crippen LogP contribution in [0.1, 0.15) is 39.1 Å². The molecule has 0 aliphatic carbocycles. The first-order valence-corrected chi connectivity index (χ1v) is 7.45. The van der Waals surface area contributed by atoms with E-state index < -0.39 is 0 Å². The third-order valence-corrected chi connectivity index (χ3v) is 3.25. The first-order chi connectivity index (χ1) is 10.4. The van der Waals surface area contributed by atoms with Gasteiger partial charge in [0, 0.05) is 5.69 Å². The number of rotatable bonds is 4. The largest absolute Gasteiger partial charge is 0.370 e. The van der Waals surface area contributed by atoms with Crippen LogP contribution < -0.4 is 11.1 Å². The van der Waals surface area contributed by atoms with Gasteiger partial charge in [0.05, 0.1) is 5.54 Å². The topological polar surface area (TPSA) is 81.1 Å². The zero-order valence-corrected chi connectivity index (χ0v) is 16.4. The van der Waals surface area contributed by atoms with Crippen molar-refractivity contribution in [1.82, 2.24) is 14.8 Å². The van der Waals surface area contributed by atoms with Gasteiger partial charge in [-0.25, -0.2) is 14.7 Å². The summed E-state index contributed by atoms with van der Waals surface area (Å²) in [7, 11) is 0. The maximum absolute atomic E-state index is 5.95. The van der Waals surface area contributed by atoms with Gasteiger partial charge in [0.2, 0.25) is 0 Å². The maximum atomic E-state index is 5.95. The van der Waals surface area contributed by atoms with Gasteiger partial charge in [-0.15, -0.1) is 24.0 Å². The summed E-state index contributed by atoms with van der Waals surface area (Å²) in [5.74, 6) is 1.16. The normalized spacial score (nSPS) is 11.9. The number of aliphatic imine (C=N–C) groups is 1. The maximum Gasteiger partial charge on any atom is 0.193 e. The smallest absolute Gasteiger partial charge is 0.193 e. The van der Waals surface area contributed by atoms with Crippen molar-refractivity contribution in [3.05, 3.63) is 42.0 Å². The molecule has 0 bridgehead atoms. The molecule has 0 fully saturated rings. The molecule has 0 spiro atoms. The molecule has 0 amide bonds. The third kappa shape index (κ3) is 5.49. The molecular formula is C16H25IN6. The van der Waals surface area contributed by atoms with E-state index in [1.165, 1.54) is 5.56 Å². The van der Waals surface area contributed by atoms with Crippen LogP contribution in [0.15, 0.2) is 35.6 Å². The van der Waals surface area contributed by atoms with Gasteiger partial charge in [-0.3, -0.25) is 0 Å². The van der Waals surface area contributed by atoms with Crippen molar-refractivity contribution in [2.24, 2.45) is 10.7 Å². The standard InChI is InChI=1S/C16H24N6.HI/c1-5-12-7-6-8-13(9-12)21-15(17)18-10-14-19-11-20-22(14)16(2,3)4;/h6-9,11H,5,10H2,1-4H3,(H3,17,18,21);1H. The highest BCUT2D eigenvalue weighted by atomic mass is 127. The summed E-state index contributed by atoms with van der Waals surface area (Å²) in [6.45, 7) is 8.74. The van der Waals surface area contributed by atoms with E-state index >= 15 is 0 Å². The van der Waals surface area contributed by atoms with Crippen molar-refractivity contribution >= 4 is 35.6 Å². The Morgan fingerprint density at radius 3 is 2.74 bits per heavy atom. The number of benzene rings is 1. The lowest BCUT2D eigenvalue weighted by molar-refractivity contribution is 0.342. The minimum atomic E-state index is -0.126. The predicted molar refractivity (Wildman–Crippen MR) is 105 cm³/mol. The molecule has 2 rings (SSSR count). The fourth-order valence-electron chi connectivity index (χ4n) is 2.15. The van der Waals surface area contributed by atoms with Crippen LogP contribution in [0.4, 0.5) is 5.69 Å². The monoisotopic (exact) mass is 428 g/mol. The van der Waals surface area contributed by atoms with Crippen molar-refractivity contribution in [2.75, 3.05) is 5.32 Å².